The Morgan fingerprint density at radius 3 is 2.84 bits per heavy atom. The number of piperidine rings is 1. The summed E-state index contributed by atoms with van der Waals surface area (Å²) in [5.74, 6) is 0.468. The molecule has 1 saturated heterocycles. The number of carbonyl (C=O) groups is 1. The lowest BCUT2D eigenvalue weighted by Crippen LogP contribution is -3.13. The molecule has 1 amide bonds. The van der Waals surface area contributed by atoms with Crippen LogP contribution in [-0.2, 0) is 4.79 Å². The van der Waals surface area contributed by atoms with Gasteiger partial charge in [0, 0.05) is 5.69 Å². The first kappa shape index (κ1) is 14.0. The number of likely N-dealkylation sites (tertiary alicyclic amines) is 1. The van der Waals surface area contributed by atoms with Gasteiger partial charge in [-0.05, 0) is 37.0 Å². The number of benzene rings is 1. The van der Waals surface area contributed by atoms with Crippen molar-refractivity contribution in [2.45, 2.75) is 26.2 Å². The van der Waals surface area contributed by atoms with Gasteiger partial charge in [-0.1, -0.05) is 13.0 Å². The van der Waals surface area contributed by atoms with Crippen LogP contribution in [0, 0.1) is 11.7 Å². The van der Waals surface area contributed by atoms with E-state index in [1.165, 1.54) is 29.9 Å². The second-order valence-electron chi connectivity index (χ2n) is 5.49. The predicted molar refractivity (Wildman–Crippen MR) is 73.6 cm³/mol. The van der Waals surface area contributed by atoms with Gasteiger partial charge in [0.2, 0.25) is 5.91 Å². The van der Waals surface area contributed by atoms with Crippen LogP contribution in [0.1, 0.15) is 26.2 Å². The molecular formula is C15H22FN2O+. The van der Waals surface area contributed by atoms with Crippen LogP contribution in [0.15, 0.2) is 24.3 Å². The van der Waals surface area contributed by atoms with Gasteiger partial charge >= 0.3 is 0 Å². The molecule has 2 rings (SSSR count). The van der Waals surface area contributed by atoms with Crippen LogP contribution in [0.2, 0.25) is 0 Å². The summed E-state index contributed by atoms with van der Waals surface area (Å²) in [7, 11) is 0. The maximum atomic E-state index is 13.0. The number of anilines is 1. The van der Waals surface area contributed by atoms with E-state index in [1.807, 2.05) is 0 Å². The maximum Gasteiger partial charge on any atom is 0.230 e. The Labute approximate surface area is 113 Å². The van der Waals surface area contributed by atoms with Gasteiger partial charge in [0.15, 0.2) is 0 Å². The van der Waals surface area contributed by atoms with Gasteiger partial charge in [0.1, 0.15) is 5.82 Å². The van der Waals surface area contributed by atoms with Crippen LogP contribution in [0.4, 0.5) is 10.1 Å². The first-order valence-corrected chi connectivity index (χ1v) is 7.02. The fourth-order valence-corrected chi connectivity index (χ4v) is 2.50. The van der Waals surface area contributed by atoms with Crippen molar-refractivity contribution in [1.82, 2.24) is 0 Å². The molecule has 1 fully saturated rings. The summed E-state index contributed by atoms with van der Waals surface area (Å²) in [6.45, 7) is 5.48. The minimum Gasteiger partial charge on any atom is -0.334 e. The Hall–Kier alpha value is -1.42. The molecular weight excluding hydrogens is 243 g/mol. The van der Waals surface area contributed by atoms with E-state index in [4.69, 9.17) is 0 Å². The first-order valence-electron chi connectivity index (χ1n) is 7.02. The van der Waals surface area contributed by atoms with E-state index < -0.39 is 0 Å². The molecule has 4 heteroatoms. The van der Waals surface area contributed by atoms with Gasteiger partial charge in [-0.25, -0.2) is 4.39 Å². The minimum atomic E-state index is -0.326. The Morgan fingerprint density at radius 1 is 1.42 bits per heavy atom. The van der Waals surface area contributed by atoms with Gasteiger partial charge in [-0.3, -0.25) is 4.79 Å². The van der Waals surface area contributed by atoms with Crippen molar-refractivity contribution in [2.75, 3.05) is 25.0 Å². The molecule has 1 aliphatic heterocycles. The third-order valence-corrected chi connectivity index (χ3v) is 3.80. The quantitative estimate of drug-likeness (QED) is 0.849. The summed E-state index contributed by atoms with van der Waals surface area (Å²) in [6, 6.07) is 6.01. The highest BCUT2D eigenvalue weighted by Crippen LogP contribution is 2.09. The van der Waals surface area contributed by atoms with Gasteiger partial charge in [-0.2, -0.15) is 0 Å². The van der Waals surface area contributed by atoms with Crippen molar-refractivity contribution < 1.29 is 14.1 Å². The molecule has 104 valence electrons. The zero-order valence-electron chi connectivity index (χ0n) is 11.4. The van der Waals surface area contributed by atoms with E-state index in [0.29, 0.717) is 12.1 Å². The van der Waals surface area contributed by atoms with Crippen LogP contribution in [-0.4, -0.2) is 25.5 Å². The summed E-state index contributed by atoms with van der Waals surface area (Å²) < 4.78 is 13.0. The molecule has 1 aromatic rings. The standard InChI is InChI=1S/C15H21FN2O/c1-12-5-8-18(9-6-12)10-7-15(19)17-14-4-2-3-13(16)11-14/h2-4,11-12H,5-10H2,1H3,(H,17,19)/p+1. The number of halogens is 1. The van der Waals surface area contributed by atoms with Gasteiger partial charge in [0.25, 0.3) is 0 Å². The largest absolute Gasteiger partial charge is 0.334 e. The topological polar surface area (TPSA) is 33.5 Å². The van der Waals surface area contributed by atoms with Crippen LogP contribution >= 0.6 is 0 Å². The Morgan fingerprint density at radius 2 is 2.16 bits per heavy atom. The molecule has 0 aromatic heterocycles. The van der Waals surface area contributed by atoms with Crippen molar-refractivity contribution in [1.29, 1.82) is 0 Å². The molecule has 2 N–H and O–H groups in total. The van der Waals surface area contributed by atoms with E-state index in [9.17, 15) is 9.18 Å². The molecule has 0 atom stereocenters. The van der Waals surface area contributed by atoms with Crippen molar-refractivity contribution in [3.05, 3.63) is 30.1 Å². The SMILES string of the molecule is CC1CC[NH+](CCC(=O)Nc2cccc(F)c2)CC1. The van der Waals surface area contributed by atoms with Crippen molar-refractivity contribution >= 4 is 11.6 Å². The number of hydrogen-bond donors (Lipinski definition) is 2. The monoisotopic (exact) mass is 265 g/mol. The van der Waals surface area contributed by atoms with E-state index in [1.54, 1.807) is 12.1 Å². The fourth-order valence-electron chi connectivity index (χ4n) is 2.50. The van der Waals surface area contributed by atoms with E-state index >= 15 is 0 Å². The van der Waals surface area contributed by atoms with Gasteiger partial charge < -0.3 is 10.2 Å². The molecule has 3 nitrogen and oxygen atoms in total. The average Bonchev–Trinajstić information content (AvgIpc) is 2.38. The second-order valence-corrected chi connectivity index (χ2v) is 5.49. The van der Waals surface area contributed by atoms with E-state index in [2.05, 4.69) is 12.2 Å². The van der Waals surface area contributed by atoms with Gasteiger partial charge in [-0.15, -0.1) is 0 Å². The van der Waals surface area contributed by atoms with Gasteiger partial charge in [0.05, 0.1) is 26.1 Å². The predicted octanol–water partition coefficient (Wildman–Crippen LogP) is 1.47. The Balaban J connectivity index is 1.73. The zero-order valence-corrected chi connectivity index (χ0v) is 11.4. The number of carbonyl (C=O) groups excluding carboxylic acids is 1. The van der Waals surface area contributed by atoms with E-state index in [0.717, 1.165) is 25.6 Å². The second kappa shape index (κ2) is 6.66. The van der Waals surface area contributed by atoms with Crippen LogP contribution in [0.5, 0.6) is 0 Å². The molecule has 19 heavy (non-hydrogen) atoms. The van der Waals surface area contributed by atoms with Crippen LogP contribution in [0.3, 0.4) is 0 Å². The fraction of sp³-hybridized carbons (Fsp3) is 0.533. The summed E-state index contributed by atoms with van der Waals surface area (Å²) in [4.78, 5) is 13.3. The van der Waals surface area contributed by atoms with Crippen LogP contribution < -0.4 is 10.2 Å². The van der Waals surface area contributed by atoms with Crippen LogP contribution in [0.25, 0.3) is 0 Å². The normalized spacial score (nSPS) is 23.1. The highest BCUT2D eigenvalue weighted by Gasteiger charge is 2.19. The third kappa shape index (κ3) is 4.63. The summed E-state index contributed by atoms with van der Waals surface area (Å²) >= 11 is 0. The number of quaternary nitrogens is 1. The molecule has 0 saturated carbocycles. The lowest BCUT2D eigenvalue weighted by atomic mass is 9.99. The number of nitrogens with one attached hydrogen (secondary N) is 2. The molecule has 0 aliphatic carbocycles. The smallest absolute Gasteiger partial charge is 0.230 e. The minimum absolute atomic E-state index is 0.0308. The molecule has 1 heterocycles. The molecule has 0 bridgehead atoms. The number of hydrogen-bond acceptors (Lipinski definition) is 1. The molecule has 0 radical (unpaired) electrons. The van der Waals surface area contributed by atoms with Crippen molar-refractivity contribution in [2.24, 2.45) is 5.92 Å². The number of rotatable bonds is 4. The molecule has 0 spiro atoms. The third-order valence-electron chi connectivity index (χ3n) is 3.80. The lowest BCUT2D eigenvalue weighted by molar-refractivity contribution is -0.905. The summed E-state index contributed by atoms with van der Waals surface area (Å²) in [5.41, 5.74) is 0.535. The first-order chi connectivity index (χ1) is 9.13. The Bertz CT molecular complexity index is 428. The summed E-state index contributed by atoms with van der Waals surface area (Å²) in [6.07, 6.45) is 3.00. The molecule has 0 unspecified atom stereocenters. The summed E-state index contributed by atoms with van der Waals surface area (Å²) in [5, 5.41) is 2.74. The molecule has 1 aliphatic rings. The van der Waals surface area contributed by atoms with Crippen molar-refractivity contribution in [3.8, 4) is 0 Å². The highest BCUT2D eigenvalue weighted by atomic mass is 19.1. The molecule has 1 aromatic carbocycles. The maximum absolute atomic E-state index is 13.0. The number of amides is 1. The zero-order chi connectivity index (χ0) is 13.7. The highest BCUT2D eigenvalue weighted by molar-refractivity contribution is 5.90. The lowest BCUT2D eigenvalue weighted by Gasteiger charge is -2.27. The Kier molecular flexibility index (Phi) is 4.91. The average molecular weight is 265 g/mol. The van der Waals surface area contributed by atoms with E-state index in [-0.39, 0.29) is 11.7 Å². The van der Waals surface area contributed by atoms with Crippen molar-refractivity contribution in [3.63, 3.8) is 0 Å².